The summed E-state index contributed by atoms with van der Waals surface area (Å²) in [6.07, 6.45) is 1.84. The van der Waals surface area contributed by atoms with Crippen LogP contribution in [0.3, 0.4) is 0 Å². The van der Waals surface area contributed by atoms with E-state index in [1.54, 1.807) is 13.8 Å². The Morgan fingerprint density at radius 1 is 1.33 bits per heavy atom. The first-order valence-corrected chi connectivity index (χ1v) is 5.12. The van der Waals surface area contributed by atoms with E-state index in [4.69, 9.17) is 0 Å². The van der Waals surface area contributed by atoms with Crippen LogP contribution in [-0.4, -0.2) is 34.2 Å². The molecule has 1 N–H and O–H groups in total. The number of imide groups is 1. The first-order valence-electron chi connectivity index (χ1n) is 5.12. The monoisotopic (exact) mass is 210 g/mol. The third-order valence-electron chi connectivity index (χ3n) is 2.98. The summed E-state index contributed by atoms with van der Waals surface area (Å²) in [6.45, 7) is 3.29. The van der Waals surface area contributed by atoms with Gasteiger partial charge in [0.05, 0.1) is 6.04 Å². The largest absolute Gasteiger partial charge is 0.325 e. The minimum Gasteiger partial charge on any atom is -0.324 e. The van der Waals surface area contributed by atoms with Gasteiger partial charge >= 0.3 is 6.03 Å². The number of carbonyl (C=O) groups excluding carboxylic acids is 3. The quantitative estimate of drug-likeness (QED) is 0.638. The molecule has 0 spiro atoms. The predicted molar refractivity (Wildman–Crippen MR) is 52.1 cm³/mol. The molecule has 1 unspecified atom stereocenters. The Morgan fingerprint density at radius 3 is 2.40 bits per heavy atom. The second-order valence-corrected chi connectivity index (χ2v) is 4.60. The molecule has 1 aliphatic heterocycles. The highest BCUT2D eigenvalue weighted by molar-refractivity contribution is 6.09. The van der Waals surface area contributed by atoms with E-state index < -0.39 is 17.6 Å². The van der Waals surface area contributed by atoms with Gasteiger partial charge in [-0.1, -0.05) is 0 Å². The van der Waals surface area contributed by atoms with Crippen LogP contribution in [0.4, 0.5) is 4.79 Å². The van der Waals surface area contributed by atoms with Gasteiger partial charge < -0.3 is 5.32 Å². The van der Waals surface area contributed by atoms with Crippen molar-refractivity contribution in [2.75, 3.05) is 0 Å². The number of nitrogens with one attached hydrogen (secondary N) is 1. The molecule has 2 fully saturated rings. The number of Topliss-reactive ketones (excluding diaryl/α,β-unsaturated/α-hetero) is 1. The van der Waals surface area contributed by atoms with Crippen LogP contribution >= 0.6 is 0 Å². The molecule has 5 heteroatoms. The molecule has 2 aliphatic rings. The molecule has 5 nitrogen and oxygen atoms in total. The summed E-state index contributed by atoms with van der Waals surface area (Å²) < 4.78 is 0. The number of ketones is 1. The summed E-state index contributed by atoms with van der Waals surface area (Å²) in [5, 5.41) is 2.58. The van der Waals surface area contributed by atoms with Crippen molar-refractivity contribution in [3.05, 3.63) is 0 Å². The number of urea groups is 1. The van der Waals surface area contributed by atoms with Crippen LogP contribution in [0.15, 0.2) is 0 Å². The molecule has 1 atom stereocenters. The fraction of sp³-hybridized carbons (Fsp3) is 0.700. The average molecular weight is 210 g/mol. The lowest BCUT2D eigenvalue weighted by atomic mass is 10.1. The van der Waals surface area contributed by atoms with Gasteiger partial charge in [-0.15, -0.1) is 0 Å². The molecule has 0 aromatic rings. The van der Waals surface area contributed by atoms with Crippen LogP contribution < -0.4 is 5.32 Å². The third kappa shape index (κ3) is 1.42. The summed E-state index contributed by atoms with van der Waals surface area (Å²) in [5.41, 5.74) is -0.875. The van der Waals surface area contributed by atoms with Crippen LogP contribution in [0.2, 0.25) is 0 Å². The van der Waals surface area contributed by atoms with E-state index in [0.29, 0.717) is 12.8 Å². The van der Waals surface area contributed by atoms with Gasteiger partial charge in [-0.3, -0.25) is 14.5 Å². The number of carbonyl (C=O) groups is 3. The molecule has 82 valence electrons. The van der Waals surface area contributed by atoms with E-state index in [-0.39, 0.29) is 11.7 Å². The summed E-state index contributed by atoms with van der Waals surface area (Å²) in [5.74, 6) is -0.302. The van der Waals surface area contributed by atoms with Crippen molar-refractivity contribution in [3.8, 4) is 0 Å². The van der Waals surface area contributed by atoms with Gasteiger partial charge in [-0.25, -0.2) is 4.79 Å². The van der Waals surface area contributed by atoms with Crippen molar-refractivity contribution < 1.29 is 14.4 Å². The highest BCUT2D eigenvalue weighted by Crippen LogP contribution is 2.26. The molecule has 3 amide bonds. The molecule has 0 aromatic heterocycles. The Kier molecular flexibility index (Phi) is 2.06. The third-order valence-corrected chi connectivity index (χ3v) is 2.98. The van der Waals surface area contributed by atoms with Gasteiger partial charge in [0.2, 0.25) is 0 Å². The second kappa shape index (κ2) is 3.05. The van der Waals surface area contributed by atoms with Crippen LogP contribution in [0.1, 0.15) is 33.1 Å². The molecular weight excluding hydrogens is 196 g/mol. The lowest BCUT2D eigenvalue weighted by Gasteiger charge is -2.20. The molecule has 0 aromatic carbocycles. The number of amides is 3. The summed E-state index contributed by atoms with van der Waals surface area (Å²) >= 11 is 0. The van der Waals surface area contributed by atoms with Gasteiger partial charge in [0.1, 0.15) is 5.54 Å². The molecule has 1 aliphatic carbocycles. The maximum Gasteiger partial charge on any atom is 0.325 e. The summed E-state index contributed by atoms with van der Waals surface area (Å²) in [6, 6.07) is -0.968. The van der Waals surface area contributed by atoms with Gasteiger partial charge in [-0.2, -0.15) is 0 Å². The lowest BCUT2D eigenvalue weighted by Crippen LogP contribution is -2.44. The second-order valence-electron chi connectivity index (χ2n) is 4.60. The number of hydrogen-bond acceptors (Lipinski definition) is 3. The van der Waals surface area contributed by atoms with Crippen LogP contribution in [0.25, 0.3) is 0 Å². The maximum absolute atomic E-state index is 11.9. The predicted octanol–water partition coefficient (Wildman–Crippen LogP) is 0.438. The van der Waals surface area contributed by atoms with Gasteiger partial charge in [-0.05, 0) is 26.7 Å². The molecule has 0 radical (unpaired) electrons. The Bertz CT molecular complexity index is 349. The van der Waals surface area contributed by atoms with E-state index in [1.165, 1.54) is 0 Å². The molecule has 15 heavy (non-hydrogen) atoms. The molecule has 1 saturated heterocycles. The van der Waals surface area contributed by atoms with Crippen molar-refractivity contribution in [2.45, 2.75) is 44.7 Å². The zero-order valence-electron chi connectivity index (χ0n) is 8.87. The maximum atomic E-state index is 11.9. The topological polar surface area (TPSA) is 66.5 Å². The van der Waals surface area contributed by atoms with Crippen molar-refractivity contribution >= 4 is 17.7 Å². The number of rotatable bonds is 1. The molecule has 1 heterocycles. The van der Waals surface area contributed by atoms with Gasteiger partial charge in [0, 0.05) is 6.42 Å². The zero-order chi connectivity index (χ0) is 11.2. The SMILES string of the molecule is CC1(C)NC(=O)N(C2CCCC2=O)C1=O. The summed E-state index contributed by atoms with van der Waals surface area (Å²) in [7, 11) is 0. The minimum atomic E-state index is -0.875. The number of nitrogens with zero attached hydrogens (tertiary/aromatic N) is 1. The highest BCUT2D eigenvalue weighted by Gasteiger charge is 2.49. The van der Waals surface area contributed by atoms with Gasteiger partial charge in [0.15, 0.2) is 5.78 Å². The fourth-order valence-electron chi connectivity index (χ4n) is 2.13. The van der Waals surface area contributed by atoms with Gasteiger partial charge in [0.25, 0.3) is 5.91 Å². The van der Waals surface area contributed by atoms with Crippen LogP contribution in [0, 0.1) is 0 Å². The number of hydrogen-bond donors (Lipinski definition) is 1. The zero-order valence-corrected chi connectivity index (χ0v) is 8.87. The van der Waals surface area contributed by atoms with Crippen molar-refractivity contribution in [2.24, 2.45) is 0 Å². The van der Waals surface area contributed by atoms with E-state index >= 15 is 0 Å². The van der Waals surface area contributed by atoms with E-state index in [1.807, 2.05) is 0 Å². The first-order chi connectivity index (χ1) is 6.93. The van der Waals surface area contributed by atoms with Crippen molar-refractivity contribution in [1.29, 1.82) is 0 Å². The van der Waals surface area contributed by atoms with Crippen LogP contribution in [0.5, 0.6) is 0 Å². The highest BCUT2D eigenvalue weighted by atomic mass is 16.2. The Hall–Kier alpha value is -1.39. The van der Waals surface area contributed by atoms with Crippen molar-refractivity contribution in [3.63, 3.8) is 0 Å². The molecular formula is C10H14N2O3. The average Bonchev–Trinajstić information content (AvgIpc) is 2.58. The summed E-state index contributed by atoms with van der Waals surface area (Å²) in [4.78, 5) is 36.0. The molecule has 1 saturated carbocycles. The van der Waals surface area contributed by atoms with Crippen LogP contribution in [-0.2, 0) is 9.59 Å². The molecule has 2 rings (SSSR count). The van der Waals surface area contributed by atoms with E-state index in [9.17, 15) is 14.4 Å². The Labute approximate surface area is 87.8 Å². The van der Waals surface area contributed by atoms with Crippen molar-refractivity contribution in [1.82, 2.24) is 10.2 Å². The first kappa shape index (κ1) is 10.1. The standard InChI is InChI=1S/C10H14N2O3/c1-10(2)8(14)12(9(15)11-10)6-4-3-5-7(6)13/h6H,3-5H2,1-2H3,(H,11,15). The minimum absolute atomic E-state index is 0.00352. The fourth-order valence-corrected chi connectivity index (χ4v) is 2.13. The smallest absolute Gasteiger partial charge is 0.324 e. The lowest BCUT2D eigenvalue weighted by molar-refractivity contribution is -0.135. The normalized spacial score (nSPS) is 29.9. The van der Waals surface area contributed by atoms with E-state index in [0.717, 1.165) is 11.3 Å². The Balaban J connectivity index is 2.26. The van der Waals surface area contributed by atoms with E-state index in [2.05, 4.69) is 5.32 Å². The molecule has 0 bridgehead atoms. The Morgan fingerprint density at radius 2 is 2.00 bits per heavy atom.